The third-order valence-electron chi connectivity index (χ3n) is 8.67. The van der Waals surface area contributed by atoms with Gasteiger partial charge >= 0.3 is 0 Å². The molecule has 1 N–H and O–H groups in total. The summed E-state index contributed by atoms with van der Waals surface area (Å²) in [7, 11) is 1.41. The summed E-state index contributed by atoms with van der Waals surface area (Å²) >= 11 is 0. The molecule has 3 aromatic heterocycles. The number of nitrogens with zero attached hydrogens (tertiary/aromatic N) is 2. The van der Waals surface area contributed by atoms with Crippen molar-refractivity contribution in [3.8, 4) is 22.5 Å². The first-order valence-corrected chi connectivity index (χ1v) is 14.5. The topological polar surface area (TPSA) is 85.1 Å². The lowest BCUT2D eigenvalue weighted by Crippen LogP contribution is -2.18. The third-order valence-corrected chi connectivity index (χ3v) is 8.67. The van der Waals surface area contributed by atoms with E-state index in [1.54, 1.807) is 6.20 Å². The number of ketones is 1. The van der Waals surface area contributed by atoms with Gasteiger partial charge in [-0.15, -0.1) is 0 Å². The second kappa shape index (κ2) is 10.7. The number of furan rings is 1. The van der Waals surface area contributed by atoms with E-state index in [9.17, 15) is 14.0 Å². The Morgan fingerprint density at radius 1 is 0.956 bits per heavy atom. The van der Waals surface area contributed by atoms with E-state index in [4.69, 9.17) is 9.40 Å². The van der Waals surface area contributed by atoms with Gasteiger partial charge in [0.2, 0.25) is 0 Å². The number of benzene rings is 3. The minimum Gasteiger partial charge on any atom is -0.455 e. The van der Waals surface area contributed by atoms with Crippen LogP contribution in [0.25, 0.3) is 44.5 Å². The molecule has 6 nitrogen and oxygen atoms in total. The van der Waals surface area contributed by atoms with Crippen molar-refractivity contribution in [3.05, 3.63) is 119 Å². The zero-order valence-electron chi connectivity index (χ0n) is 24.4. The molecule has 0 atom stereocenters. The van der Waals surface area contributed by atoms with Crippen LogP contribution in [-0.4, -0.2) is 28.7 Å². The van der Waals surface area contributed by atoms with E-state index < -0.39 is 28.8 Å². The lowest BCUT2D eigenvalue weighted by molar-refractivity contribution is 0.0958. The number of rotatable bonds is 7. The Bertz CT molecular complexity index is 2170. The first-order chi connectivity index (χ1) is 21.7. The zero-order chi connectivity index (χ0) is 31.5. The number of fused-ring (bicyclic) bond motifs is 2. The Morgan fingerprint density at radius 2 is 1.73 bits per heavy atom. The minimum atomic E-state index is -0.804. The average Bonchev–Trinajstić information content (AvgIpc) is 3.72. The SMILES string of the molecule is CNC(=O)c1c(-c2ccc(F)cc2)oc2ccc(-c3cc(C(=O)CC4(c5ccc6cccnc6n5)CC4)cc(F)c3C)c(F)c12. The van der Waals surface area contributed by atoms with E-state index in [0.717, 1.165) is 23.9 Å². The summed E-state index contributed by atoms with van der Waals surface area (Å²) < 4.78 is 51.4. The Balaban J connectivity index is 1.29. The molecule has 1 saturated carbocycles. The Labute approximate surface area is 255 Å². The predicted octanol–water partition coefficient (Wildman–Crippen LogP) is 8.10. The van der Waals surface area contributed by atoms with E-state index in [1.165, 1.54) is 62.5 Å². The van der Waals surface area contributed by atoms with Gasteiger partial charge in [-0.25, -0.2) is 23.1 Å². The van der Waals surface area contributed by atoms with E-state index in [-0.39, 0.29) is 56.8 Å². The maximum atomic E-state index is 16.5. The number of nitrogens with one attached hydrogen (secondary N) is 1. The molecule has 0 bridgehead atoms. The van der Waals surface area contributed by atoms with Gasteiger partial charge in [0, 0.05) is 52.9 Å². The molecule has 3 aromatic carbocycles. The van der Waals surface area contributed by atoms with Gasteiger partial charge in [-0.3, -0.25) is 9.59 Å². The lowest BCUT2D eigenvalue weighted by atomic mass is 9.89. The highest BCUT2D eigenvalue weighted by Gasteiger charge is 2.47. The fourth-order valence-corrected chi connectivity index (χ4v) is 5.96. The van der Waals surface area contributed by atoms with Crippen LogP contribution >= 0.6 is 0 Å². The van der Waals surface area contributed by atoms with Crippen molar-refractivity contribution in [1.82, 2.24) is 15.3 Å². The molecule has 7 rings (SSSR count). The van der Waals surface area contributed by atoms with E-state index >= 15 is 8.78 Å². The molecule has 45 heavy (non-hydrogen) atoms. The number of Topliss-reactive ketones (excluding diaryl/α,β-unsaturated/α-hetero) is 1. The largest absolute Gasteiger partial charge is 0.455 e. The smallest absolute Gasteiger partial charge is 0.255 e. The molecule has 0 saturated heterocycles. The molecule has 0 radical (unpaired) electrons. The first-order valence-electron chi connectivity index (χ1n) is 14.5. The lowest BCUT2D eigenvalue weighted by Gasteiger charge is -2.16. The molecule has 1 aliphatic carbocycles. The van der Waals surface area contributed by atoms with Crippen LogP contribution in [0.5, 0.6) is 0 Å². The first kappa shape index (κ1) is 28.5. The molecule has 3 heterocycles. The number of carbonyl (C=O) groups excluding carboxylic acids is 2. The van der Waals surface area contributed by atoms with Crippen LogP contribution in [0.3, 0.4) is 0 Å². The maximum Gasteiger partial charge on any atom is 0.255 e. The van der Waals surface area contributed by atoms with Crippen molar-refractivity contribution < 1.29 is 27.2 Å². The molecule has 1 aliphatic rings. The fourth-order valence-electron chi connectivity index (χ4n) is 5.96. The summed E-state index contributed by atoms with van der Waals surface area (Å²) in [6, 6.07) is 18.5. The number of aromatic nitrogens is 2. The van der Waals surface area contributed by atoms with Crippen molar-refractivity contribution in [2.24, 2.45) is 0 Å². The highest BCUT2D eigenvalue weighted by Crippen LogP contribution is 2.51. The molecule has 224 valence electrons. The molecule has 6 aromatic rings. The van der Waals surface area contributed by atoms with Crippen molar-refractivity contribution >= 4 is 33.7 Å². The van der Waals surface area contributed by atoms with E-state index in [1.807, 2.05) is 24.3 Å². The number of halogens is 3. The van der Waals surface area contributed by atoms with Crippen LogP contribution in [-0.2, 0) is 5.41 Å². The van der Waals surface area contributed by atoms with Gasteiger partial charge in [0.15, 0.2) is 11.4 Å². The van der Waals surface area contributed by atoms with Crippen molar-refractivity contribution in [1.29, 1.82) is 0 Å². The summed E-state index contributed by atoms with van der Waals surface area (Å²) in [5, 5.41) is 3.31. The molecular weight excluding hydrogens is 579 g/mol. The van der Waals surface area contributed by atoms with Gasteiger partial charge in [-0.1, -0.05) is 0 Å². The van der Waals surface area contributed by atoms with E-state index in [2.05, 4.69) is 10.3 Å². The average molecular weight is 606 g/mol. The van der Waals surface area contributed by atoms with Crippen LogP contribution in [0, 0.1) is 24.4 Å². The van der Waals surface area contributed by atoms with Crippen molar-refractivity contribution in [3.63, 3.8) is 0 Å². The molecule has 9 heteroatoms. The highest BCUT2D eigenvalue weighted by atomic mass is 19.1. The van der Waals surface area contributed by atoms with Gasteiger partial charge in [-0.2, -0.15) is 0 Å². The zero-order valence-corrected chi connectivity index (χ0v) is 24.4. The Kier molecular flexibility index (Phi) is 6.76. The van der Waals surface area contributed by atoms with Crippen LogP contribution in [0.1, 0.15) is 51.2 Å². The van der Waals surface area contributed by atoms with Gasteiger partial charge in [0.1, 0.15) is 28.8 Å². The molecule has 0 spiro atoms. The summed E-state index contributed by atoms with van der Waals surface area (Å²) in [4.78, 5) is 35.7. The summed E-state index contributed by atoms with van der Waals surface area (Å²) in [5.41, 5.74) is 1.75. The molecule has 0 aliphatic heterocycles. The van der Waals surface area contributed by atoms with Gasteiger partial charge < -0.3 is 9.73 Å². The number of hydrogen-bond acceptors (Lipinski definition) is 5. The van der Waals surface area contributed by atoms with Crippen LogP contribution < -0.4 is 5.32 Å². The number of amides is 1. The van der Waals surface area contributed by atoms with Gasteiger partial charge in [-0.05, 0) is 104 Å². The molecule has 0 unspecified atom stereocenters. The third kappa shape index (κ3) is 4.84. The molecular formula is C36H26F3N3O3. The van der Waals surface area contributed by atoms with Crippen molar-refractivity contribution in [2.45, 2.75) is 31.6 Å². The molecule has 1 amide bonds. The monoisotopic (exact) mass is 605 g/mol. The van der Waals surface area contributed by atoms with Crippen LogP contribution in [0.15, 0.2) is 83.4 Å². The quantitative estimate of drug-likeness (QED) is 0.186. The summed E-state index contributed by atoms with van der Waals surface area (Å²) in [5.74, 6) is -2.76. The van der Waals surface area contributed by atoms with Crippen LogP contribution in [0.4, 0.5) is 13.2 Å². The molecule has 1 fully saturated rings. The van der Waals surface area contributed by atoms with Crippen molar-refractivity contribution in [2.75, 3.05) is 7.05 Å². The minimum absolute atomic E-state index is 0.00793. The standard InChI is InChI=1S/C36H26F3N3O3/c1-19-25(24-10-11-28-30(32(24)39)31(35(44)40-2)33(45-28)20-5-8-23(37)9-6-20)16-22(17-26(19)38)27(43)18-36(13-14-36)29-12-7-21-4-3-15-41-34(21)42-29/h3-12,15-17H,13-14,18H2,1-2H3,(H,40,44). The Morgan fingerprint density at radius 3 is 2.47 bits per heavy atom. The Hall–Kier alpha value is -5.31. The number of pyridine rings is 2. The number of hydrogen-bond donors (Lipinski definition) is 1. The number of carbonyl (C=O) groups is 2. The van der Waals surface area contributed by atoms with Gasteiger partial charge in [0.25, 0.3) is 5.91 Å². The normalized spacial score (nSPS) is 13.7. The predicted molar refractivity (Wildman–Crippen MR) is 164 cm³/mol. The maximum absolute atomic E-state index is 16.5. The second-order valence-electron chi connectivity index (χ2n) is 11.4. The summed E-state index contributed by atoms with van der Waals surface area (Å²) in [6.07, 6.45) is 3.30. The van der Waals surface area contributed by atoms with Gasteiger partial charge in [0.05, 0.1) is 10.9 Å². The highest BCUT2D eigenvalue weighted by molar-refractivity contribution is 6.12. The second-order valence-corrected chi connectivity index (χ2v) is 11.4. The van der Waals surface area contributed by atoms with E-state index in [0.29, 0.717) is 11.2 Å². The summed E-state index contributed by atoms with van der Waals surface area (Å²) in [6.45, 7) is 1.51. The van der Waals surface area contributed by atoms with Crippen LogP contribution in [0.2, 0.25) is 0 Å². The fraction of sp³-hybridized carbons (Fsp3) is 0.167.